The zero-order valence-electron chi connectivity index (χ0n) is 31.3. The van der Waals surface area contributed by atoms with E-state index in [0.717, 1.165) is 11.1 Å². The number of carbonyl (C=O) groups is 3. The average molecular weight is 819 g/mol. The summed E-state index contributed by atoms with van der Waals surface area (Å²) in [7, 11) is -3.98. The smallest absolute Gasteiger partial charge is 0.338 e. The van der Waals surface area contributed by atoms with Crippen LogP contribution in [0.5, 0.6) is 0 Å². The van der Waals surface area contributed by atoms with Gasteiger partial charge in [-0.3, -0.25) is 20.4 Å². The van der Waals surface area contributed by atoms with E-state index in [-0.39, 0.29) is 65.2 Å². The SMILES string of the molecule is O=C(OCc1ccccc1)c1ccc(COO)c(CONc2ccc(S(=O)(=O)c3ccc(NC(=O)c4cc(COOCc5ccccc5)ccc4C(=O)O)cc3)cc2)c1. The van der Waals surface area contributed by atoms with Crippen molar-refractivity contribution in [3.05, 3.63) is 190 Å². The predicted octanol–water partition coefficient (Wildman–Crippen LogP) is 8.01. The highest BCUT2D eigenvalue weighted by atomic mass is 32.2. The molecule has 14 nitrogen and oxygen atoms in total. The maximum atomic E-state index is 13.5. The van der Waals surface area contributed by atoms with E-state index in [1.807, 2.05) is 60.7 Å². The summed E-state index contributed by atoms with van der Waals surface area (Å²) in [6.45, 7) is 0.0455. The van der Waals surface area contributed by atoms with Crippen LogP contribution in [0.25, 0.3) is 0 Å². The molecule has 0 saturated carbocycles. The van der Waals surface area contributed by atoms with Gasteiger partial charge in [0.25, 0.3) is 5.91 Å². The molecule has 4 N–H and O–H groups in total. The second-order valence-corrected chi connectivity index (χ2v) is 14.9. The van der Waals surface area contributed by atoms with Gasteiger partial charge in [0.2, 0.25) is 9.84 Å². The number of hydrogen-bond acceptors (Lipinski definition) is 12. The van der Waals surface area contributed by atoms with Crippen molar-refractivity contribution >= 4 is 39.1 Å². The average Bonchev–Trinajstić information content (AvgIpc) is 3.26. The molecule has 0 aliphatic heterocycles. The third-order valence-electron chi connectivity index (χ3n) is 8.82. The van der Waals surface area contributed by atoms with Gasteiger partial charge in [-0.2, -0.15) is 0 Å². The van der Waals surface area contributed by atoms with Crippen LogP contribution in [-0.4, -0.2) is 36.6 Å². The molecule has 1 amide bonds. The number of benzene rings is 6. The summed E-state index contributed by atoms with van der Waals surface area (Å²) in [4.78, 5) is 58.3. The quantitative estimate of drug-likeness (QED) is 0.0266. The van der Waals surface area contributed by atoms with Crippen molar-refractivity contribution in [2.45, 2.75) is 42.8 Å². The van der Waals surface area contributed by atoms with Crippen LogP contribution in [0.15, 0.2) is 155 Å². The molecule has 6 rings (SSSR count). The first-order valence-corrected chi connectivity index (χ1v) is 19.5. The first-order valence-electron chi connectivity index (χ1n) is 18.0. The first-order chi connectivity index (χ1) is 28.6. The number of amides is 1. The van der Waals surface area contributed by atoms with Crippen molar-refractivity contribution < 1.29 is 57.4 Å². The Bertz CT molecular complexity index is 2480. The highest BCUT2D eigenvalue weighted by Gasteiger charge is 2.20. The van der Waals surface area contributed by atoms with Crippen molar-refractivity contribution in [1.82, 2.24) is 0 Å². The molecule has 302 valence electrons. The Hall–Kier alpha value is -6.72. The third-order valence-corrected chi connectivity index (χ3v) is 10.6. The minimum Gasteiger partial charge on any atom is -0.478 e. The van der Waals surface area contributed by atoms with E-state index in [1.165, 1.54) is 66.7 Å². The van der Waals surface area contributed by atoms with Gasteiger partial charge in [0.1, 0.15) is 33.0 Å². The molecular formula is C44H38N2O12S. The lowest BCUT2D eigenvalue weighted by atomic mass is 10.0. The van der Waals surface area contributed by atoms with Gasteiger partial charge in [-0.1, -0.05) is 72.8 Å². The number of rotatable bonds is 19. The molecule has 0 spiro atoms. The fourth-order valence-corrected chi connectivity index (χ4v) is 6.97. The first kappa shape index (κ1) is 41.9. The topological polar surface area (TPSA) is 196 Å². The summed E-state index contributed by atoms with van der Waals surface area (Å²) in [6.07, 6.45) is 0. The van der Waals surface area contributed by atoms with Gasteiger partial charge in [-0.15, -0.1) is 0 Å². The Morgan fingerprint density at radius 3 is 1.76 bits per heavy atom. The summed E-state index contributed by atoms with van der Waals surface area (Å²) in [5.41, 5.74) is 6.65. The standard InChI is InChI=1S/C44H38N2O12S/c47-42(41-23-32(11-22-40(41)43(48)49)27-58-57-26-31-9-5-2-6-10-31)45-36-14-18-38(19-15-36)59(52,53)39-20-16-37(17-21-39)46-55-28-35-24-33(12-13-34(35)29-56-51)44(50)54-25-30-7-3-1-4-8-30/h1-24,46,51H,25-29H2,(H,45,47)(H,48,49). The number of sulfone groups is 1. The Kier molecular flexibility index (Phi) is 14.3. The number of carboxylic acids is 1. The summed E-state index contributed by atoms with van der Waals surface area (Å²) < 4.78 is 32.3. The number of ether oxygens (including phenoxy) is 1. The van der Waals surface area contributed by atoms with Gasteiger partial charge in [-0.25, -0.2) is 32.7 Å². The van der Waals surface area contributed by atoms with Gasteiger partial charge in [0, 0.05) is 5.69 Å². The van der Waals surface area contributed by atoms with Crippen molar-refractivity contribution in [3.8, 4) is 0 Å². The van der Waals surface area contributed by atoms with Crippen molar-refractivity contribution in [2.24, 2.45) is 0 Å². The van der Waals surface area contributed by atoms with E-state index in [2.05, 4.69) is 15.7 Å². The number of anilines is 2. The number of hydrogen-bond donors (Lipinski definition) is 4. The second-order valence-electron chi connectivity index (χ2n) is 12.9. The second kappa shape index (κ2) is 20.1. The summed E-state index contributed by atoms with van der Waals surface area (Å²) in [5.74, 6) is -2.57. The molecule has 6 aromatic rings. The van der Waals surface area contributed by atoms with Crippen LogP contribution in [0.2, 0.25) is 0 Å². The van der Waals surface area contributed by atoms with E-state index in [4.69, 9.17) is 24.6 Å². The van der Waals surface area contributed by atoms with Crippen LogP contribution >= 0.6 is 0 Å². The largest absolute Gasteiger partial charge is 0.478 e. The number of carbonyl (C=O) groups excluding carboxylic acids is 2. The van der Waals surface area contributed by atoms with Crippen LogP contribution in [0, 0.1) is 0 Å². The van der Waals surface area contributed by atoms with Crippen LogP contribution in [0.4, 0.5) is 11.4 Å². The minimum absolute atomic E-state index is 0.0122. The zero-order chi connectivity index (χ0) is 41.6. The van der Waals surface area contributed by atoms with Crippen molar-refractivity contribution in [1.29, 1.82) is 0 Å². The zero-order valence-corrected chi connectivity index (χ0v) is 32.1. The molecule has 0 aliphatic carbocycles. The Morgan fingerprint density at radius 2 is 1.15 bits per heavy atom. The number of carboxylic acid groups (broad SMARTS) is 1. The number of esters is 1. The van der Waals surface area contributed by atoms with Gasteiger partial charge in [-0.05, 0) is 101 Å². The lowest BCUT2D eigenvalue weighted by Crippen LogP contribution is -2.17. The van der Waals surface area contributed by atoms with E-state index in [1.54, 1.807) is 18.2 Å². The van der Waals surface area contributed by atoms with E-state index in [9.17, 15) is 27.9 Å². The lowest BCUT2D eigenvalue weighted by molar-refractivity contribution is -0.313. The molecule has 15 heteroatoms. The van der Waals surface area contributed by atoms with E-state index in [0.29, 0.717) is 22.4 Å². The molecule has 0 unspecified atom stereocenters. The van der Waals surface area contributed by atoms with Gasteiger partial charge in [0.15, 0.2) is 0 Å². The third kappa shape index (κ3) is 11.5. The summed E-state index contributed by atoms with van der Waals surface area (Å²) in [6, 6.07) is 38.8. The lowest BCUT2D eigenvalue weighted by Gasteiger charge is -2.13. The van der Waals surface area contributed by atoms with Crippen LogP contribution in [0.3, 0.4) is 0 Å². The molecule has 0 heterocycles. The molecule has 0 bridgehead atoms. The van der Waals surface area contributed by atoms with Gasteiger partial charge < -0.3 is 15.2 Å². The normalized spacial score (nSPS) is 11.1. The molecular weight excluding hydrogens is 781 g/mol. The molecule has 0 fully saturated rings. The molecule has 0 aromatic heterocycles. The van der Waals surface area contributed by atoms with Crippen LogP contribution < -0.4 is 10.8 Å². The van der Waals surface area contributed by atoms with E-state index < -0.39 is 27.7 Å². The van der Waals surface area contributed by atoms with E-state index >= 15 is 0 Å². The van der Waals surface area contributed by atoms with Gasteiger partial charge >= 0.3 is 11.9 Å². The van der Waals surface area contributed by atoms with Crippen LogP contribution in [-0.2, 0) is 67.1 Å². The highest BCUT2D eigenvalue weighted by Crippen LogP contribution is 2.25. The fraction of sp³-hybridized carbons (Fsp3) is 0.114. The molecule has 0 radical (unpaired) electrons. The monoisotopic (exact) mass is 818 g/mol. The van der Waals surface area contributed by atoms with Gasteiger partial charge in [0.05, 0.1) is 32.2 Å². The maximum Gasteiger partial charge on any atom is 0.338 e. The maximum absolute atomic E-state index is 13.5. The Balaban J connectivity index is 1.04. The summed E-state index contributed by atoms with van der Waals surface area (Å²) in [5, 5.41) is 21.4. The molecule has 59 heavy (non-hydrogen) atoms. The van der Waals surface area contributed by atoms with Crippen LogP contribution in [0.1, 0.15) is 58.9 Å². The van der Waals surface area contributed by atoms with Crippen molar-refractivity contribution in [3.63, 3.8) is 0 Å². The number of aromatic carboxylic acids is 1. The summed E-state index contributed by atoms with van der Waals surface area (Å²) >= 11 is 0. The number of nitrogens with one attached hydrogen (secondary N) is 2. The minimum atomic E-state index is -3.98. The predicted molar refractivity (Wildman–Crippen MR) is 214 cm³/mol. The molecule has 0 saturated heterocycles. The Labute approximate surface area is 339 Å². The fourth-order valence-electron chi connectivity index (χ4n) is 5.70. The molecule has 0 aliphatic rings. The Morgan fingerprint density at radius 1 is 0.559 bits per heavy atom. The molecule has 0 atom stereocenters. The van der Waals surface area contributed by atoms with Crippen molar-refractivity contribution in [2.75, 3.05) is 10.8 Å². The molecule has 6 aromatic carbocycles. The highest BCUT2D eigenvalue weighted by molar-refractivity contribution is 7.91.